The van der Waals surface area contributed by atoms with Crippen LogP contribution in [0.25, 0.3) is 0 Å². The molecule has 0 unspecified atom stereocenters. The molecule has 0 aromatic rings. The second kappa shape index (κ2) is 17.6. The van der Waals surface area contributed by atoms with E-state index in [0.717, 1.165) is 0 Å². The van der Waals surface area contributed by atoms with Crippen molar-refractivity contribution in [3.05, 3.63) is 0 Å². The Kier molecular flexibility index (Phi) is 136. The first-order valence-corrected chi connectivity index (χ1v) is 0. The fourth-order valence-corrected chi connectivity index (χ4v) is 0. The van der Waals surface area contributed by atoms with Crippen LogP contribution in [0.4, 0.5) is 0 Å². The quantitative estimate of drug-likeness (QED) is 0.359. The van der Waals surface area contributed by atoms with Crippen LogP contribution < -0.4 is 29.6 Å². The maximum Gasteiger partial charge on any atom is 3.00 e. The summed E-state index contributed by atoms with van der Waals surface area (Å²) in [6, 6.07) is 0. The summed E-state index contributed by atoms with van der Waals surface area (Å²) >= 11 is 0. The molecule has 0 nitrogen and oxygen atoms in total. The Balaban J connectivity index is 0. The van der Waals surface area contributed by atoms with Gasteiger partial charge in [-0.05, 0) is 0 Å². The van der Waals surface area contributed by atoms with Crippen molar-refractivity contribution >= 4 is 52.8 Å². The average Bonchev–Trinajstić information content (AvgIpc) is 0. The summed E-state index contributed by atoms with van der Waals surface area (Å²) in [5.41, 5.74) is 0. The predicted molar refractivity (Wildman–Crippen MR) is 20.5 cm³/mol. The van der Waals surface area contributed by atoms with Gasteiger partial charge >= 0.3 is 55.4 Å². The maximum absolute atomic E-state index is 0. The van der Waals surface area contributed by atoms with E-state index in [2.05, 4.69) is 0 Å². The SMILES string of the molecule is [In+3].[Na+].[S-2].[S-2]. The van der Waals surface area contributed by atoms with E-state index in [0.29, 0.717) is 0 Å². The van der Waals surface area contributed by atoms with Crippen molar-refractivity contribution in [3.63, 3.8) is 0 Å². The van der Waals surface area contributed by atoms with Crippen LogP contribution in [0.15, 0.2) is 0 Å². The summed E-state index contributed by atoms with van der Waals surface area (Å²) in [6.45, 7) is 0. The molecule has 0 amide bonds. The monoisotopic (exact) mass is 202 g/mol. The van der Waals surface area contributed by atoms with Gasteiger partial charge in [-0.2, -0.15) is 0 Å². The molecular weight excluding hydrogens is 202 g/mol. The molecule has 16 valence electrons. The largest absolute Gasteiger partial charge is 3.00 e. The molecule has 0 heterocycles. The van der Waals surface area contributed by atoms with Crippen molar-refractivity contribution in [2.24, 2.45) is 0 Å². The van der Waals surface area contributed by atoms with E-state index in [4.69, 9.17) is 0 Å². The summed E-state index contributed by atoms with van der Waals surface area (Å²) in [6.07, 6.45) is 0. The zero-order valence-electron chi connectivity index (χ0n) is 2.39. The Morgan fingerprint density at radius 2 is 0.750 bits per heavy atom. The zero-order chi connectivity index (χ0) is 0. The summed E-state index contributed by atoms with van der Waals surface area (Å²) < 4.78 is 0. The summed E-state index contributed by atoms with van der Waals surface area (Å²) in [5, 5.41) is 0. The van der Waals surface area contributed by atoms with E-state index in [-0.39, 0.29) is 82.4 Å². The predicted octanol–water partition coefficient (Wildman–Crippen LogP) is -3.38. The molecule has 0 fully saturated rings. The third kappa shape index (κ3) is 8.82. The number of hydrogen-bond acceptors (Lipinski definition) is 0. The van der Waals surface area contributed by atoms with Crippen LogP contribution in [-0.4, -0.2) is 25.8 Å². The first kappa shape index (κ1) is 30.9. The zero-order valence-corrected chi connectivity index (χ0v) is 9.32. The van der Waals surface area contributed by atoms with E-state index in [9.17, 15) is 0 Å². The van der Waals surface area contributed by atoms with Gasteiger partial charge in [0.25, 0.3) is 0 Å². The molecule has 0 aromatic heterocycles. The fourth-order valence-electron chi connectivity index (χ4n) is 0. The van der Waals surface area contributed by atoms with Gasteiger partial charge in [0, 0.05) is 0 Å². The van der Waals surface area contributed by atoms with Gasteiger partial charge in [-0.25, -0.2) is 0 Å². The molecule has 0 N–H and O–H groups in total. The van der Waals surface area contributed by atoms with Crippen molar-refractivity contribution in [1.82, 2.24) is 0 Å². The topological polar surface area (TPSA) is 0 Å². The second-order valence-electron chi connectivity index (χ2n) is 0. The van der Waals surface area contributed by atoms with E-state index >= 15 is 0 Å². The van der Waals surface area contributed by atoms with Gasteiger partial charge in [0.1, 0.15) is 0 Å². The van der Waals surface area contributed by atoms with Crippen LogP contribution in [0.3, 0.4) is 0 Å². The van der Waals surface area contributed by atoms with Crippen molar-refractivity contribution in [3.8, 4) is 0 Å². The Labute approximate surface area is 81.1 Å². The third-order valence-corrected chi connectivity index (χ3v) is 0. The van der Waals surface area contributed by atoms with Crippen molar-refractivity contribution < 1.29 is 29.6 Å². The van der Waals surface area contributed by atoms with Gasteiger partial charge in [-0.1, -0.05) is 0 Å². The number of hydrogen-bond donors (Lipinski definition) is 0. The van der Waals surface area contributed by atoms with Crippen LogP contribution in [0.5, 0.6) is 0 Å². The Morgan fingerprint density at radius 3 is 0.750 bits per heavy atom. The van der Waals surface area contributed by atoms with E-state index in [1.807, 2.05) is 0 Å². The minimum atomic E-state index is 0. The van der Waals surface area contributed by atoms with Crippen LogP contribution >= 0.6 is 0 Å². The van der Waals surface area contributed by atoms with Crippen LogP contribution in [0, 0.1) is 0 Å². The van der Waals surface area contributed by atoms with Gasteiger partial charge in [0.15, 0.2) is 0 Å². The Morgan fingerprint density at radius 1 is 0.750 bits per heavy atom. The molecule has 0 rings (SSSR count). The Hall–Kier alpha value is 2.57. The second-order valence-corrected chi connectivity index (χ2v) is 0. The smallest absolute Gasteiger partial charge is 2.00 e. The molecule has 4 heavy (non-hydrogen) atoms. The summed E-state index contributed by atoms with van der Waals surface area (Å²) in [7, 11) is 0. The maximum atomic E-state index is 0. The summed E-state index contributed by atoms with van der Waals surface area (Å²) in [4.78, 5) is 0. The van der Waals surface area contributed by atoms with Gasteiger partial charge < -0.3 is 27.0 Å². The van der Waals surface area contributed by atoms with E-state index < -0.39 is 0 Å². The van der Waals surface area contributed by atoms with E-state index in [1.165, 1.54) is 0 Å². The molecule has 0 aliphatic carbocycles. The molecule has 0 aliphatic rings. The van der Waals surface area contributed by atoms with Gasteiger partial charge in [-0.15, -0.1) is 0 Å². The minimum absolute atomic E-state index is 0. The van der Waals surface area contributed by atoms with Gasteiger partial charge in [-0.3, -0.25) is 0 Å². The molecule has 4 heteroatoms. The third-order valence-electron chi connectivity index (χ3n) is 0. The normalized spacial score (nSPS) is 0. The molecule has 0 bridgehead atoms. The number of rotatable bonds is 0. The van der Waals surface area contributed by atoms with Crippen LogP contribution in [0.1, 0.15) is 0 Å². The summed E-state index contributed by atoms with van der Waals surface area (Å²) in [5.74, 6) is 0. The van der Waals surface area contributed by atoms with Crippen LogP contribution in [0.2, 0.25) is 0 Å². The van der Waals surface area contributed by atoms with Crippen molar-refractivity contribution in [1.29, 1.82) is 0 Å². The molecular formula is InNaS2. The molecule has 0 saturated heterocycles. The van der Waals surface area contributed by atoms with Gasteiger partial charge in [0.05, 0.1) is 0 Å². The van der Waals surface area contributed by atoms with E-state index in [1.54, 1.807) is 0 Å². The van der Waals surface area contributed by atoms with Crippen molar-refractivity contribution in [2.75, 3.05) is 0 Å². The Bertz CT molecular complexity index is 6.00. The molecule has 0 radical (unpaired) electrons. The standard InChI is InChI=1S/In.Na.2S/q+3;+1;2*-2. The molecule has 0 aromatic carbocycles. The average molecular weight is 202 g/mol. The van der Waals surface area contributed by atoms with Crippen molar-refractivity contribution in [2.45, 2.75) is 0 Å². The molecule has 0 atom stereocenters. The first-order chi connectivity index (χ1) is 0. The first-order valence-electron chi connectivity index (χ1n) is 0. The molecule has 0 aliphatic heterocycles. The molecule has 0 spiro atoms. The molecule has 0 saturated carbocycles. The van der Waals surface area contributed by atoms with Crippen LogP contribution in [-0.2, 0) is 27.0 Å². The minimum Gasteiger partial charge on any atom is -2.00 e. The van der Waals surface area contributed by atoms with Gasteiger partial charge in [0.2, 0.25) is 0 Å². The fraction of sp³-hybridized carbons (Fsp3) is 0.